The quantitative estimate of drug-likeness (QED) is 0.107. The molecule has 8 aromatic carbocycles. The van der Waals surface area contributed by atoms with E-state index < -0.39 is 66.3 Å². The number of hydrogen-bond donors (Lipinski definition) is 0. The van der Waals surface area contributed by atoms with E-state index in [1.165, 1.54) is 0 Å². The van der Waals surface area contributed by atoms with E-state index in [0.29, 0.717) is 34.0 Å². The molecule has 0 spiro atoms. The number of benzene rings is 8. The van der Waals surface area contributed by atoms with E-state index in [4.69, 9.17) is 23.4 Å². The minimum atomic E-state index is -0.777. The number of ether oxygens (including phenoxy) is 1. The Labute approximate surface area is 415 Å². The second-order valence-corrected chi connectivity index (χ2v) is 16.0. The molecule has 3 aromatic heterocycles. The monoisotopic (exact) mass is 1040 g/mol. The number of aromatic nitrogens is 4. The van der Waals surface area contributed by atoms with Gasteiger partial charge in [0.05, 0.1) is 30.4 Å². The second kappa shape index (κ2) is 17.9. The van der Waals surface area contributed by atoms with Crippen LogP contribution in [0.15, 0.2) is 200 Å². The molecule has 1 aliphatic carbocycles. The van der Waals surface area contributed by atoms with Crippen LogP contribution in [0.25, 0.3) is 83.4 Å². The van der Waals surface area contributed by atoms with Gasteiger partial charge in [0.1, 0.15) is 5.82 Å². The minimum absolute atomic E-state index is 0. The van der Waals surface area contributed by atoms with E-state index in [2.05, 4.69) is 53.4 Å². The predicted octanol–water partition coefficient (Wildman–Crippen LogP) is 14.6. The summed E-state index contributed by atoms with van der Waals surface area (Å²) in [5.41, 5.74) is 6.35. The molecule has 1 saturated carbocycles. The molecule has 5 nitrogen and oxygen atoms in total. The molecule has 0 amide bonds. The van der Waals surface area contributed by atoms with E-state index in [-0.39, 0.29) is 49.0 Å². The Kier molecular flexibility index (Phi) is 8.34. The van der Waals surface area contributed by atoms with Gasteiger partial charge in [-0.2, -0.15) is 18.2 Å². The minimum Gasteiger partial charge on any atom is -0.510 e. The molecule has 322 valence electrons. The molecule has 0 aliphatic heterocycles. The van der Waals surface area contributed by atoms with Crippen LogP contribution in [0.3, 0.4) is 0 Å². The van der Waals surface area contributed by atoms with Gasteiger partial charge in [-0.1, -0.05) is 176 Å². The predicted molar refractivity (Wildman–Crippen MR) is 262 cm³/mol. The number of rotatable bonds is 9. The summed E-state index contributed by atoms with van der Waals surface area (Å²) in [4.78, 5) is 5.10. The van der Waals surface area contributed by atoms with E-state index in [0.717, 1.165) is 70.6 Å². The van der Waals surface area contributed by atoms with Crippen LogP contribution < -0.4 is 9.30 Å². The number of imidazole rings is 1. The zero-order valence-corrected chi connectivity index (χ0v) is 37.6. The summed E-state index contributed by atoms with van der Waals surface area (Å²) in [6.07, 6.45) is 9.93. The van der Waals surface area contributed by atoms with Gasteiger partial charge < -0.3 is 13.9 Å². The maximum atomic E-state index is 9.85. The van der Waals surface area contributed by atoms with Gasteiger partial charge in [-0.15, -0.1) is 29.7 Å². The van der Waals surface area contributed by atoms with Gasteiger partial charge in [0.2, 0.25) is 0 Å². The van der Waals surface area contributed by atoms with E-state index in [9.17, 15) is 1.37 Å². The molecule has 0 bridgehead atoms. The number of para-hydroxylation sites is 4. The Balaban J connectivity index is 0.00000631. The average Bonchev–Trinajstić information content (AvgIpc) is 4.21. The third-order valence-electron chi connectivity index (χ3n) is 12.2. The standard InChI is InChI=1S/C60H44N4O.Pt/c1-5-19-42(20-6-1)49-30-18-31-50(43-21-7-2-8-22-43)60(49)63-41-62(56-33-15-16-34-57(56)63)46-27-17-28-47(37-46)65-48-35-36-52-51-29-13-14-32-55(51)64(58(52)38-48)59-39-53(44-23-9-3-10-24-44)54(40-61-59)45-25-11-4-12-26-45;/h1-2,4-8,11-22,25-36,39-40,44H,3,9-10,23-24H2;/q-2;/i1D,2D,5D,6D,7D,8D,19D,20D,21D,22D,44D;. The van der Waals surface area contributed by atoms with Gasteiger partial charge in [-0.05, 0) is 75.3 Å². The summed E-state index contributed by atoms with van der Waals surface area (Å²) in [5.74, 6) is 0.642. The molecule has 1 aliphatic rings. The fourth-order valence-electron chi connectivity index (χ4n) is 9.23. The van der Waals surface area contributed by atoms with Crippen molar-refractivity contribution >= 4 is 32.8 Å². The average molecular weight is 1040 g/mol. The number of pyridine rings is 1. The Bertz CT molecular complexity index is 4030. The topological polar surface area (TPSA) is 35.9 Å². The van der Waals surface area contributed by atoms with E-state index in [1.54, 1.807) is 39.5 Å². The Morgan fingerprint density at radius 3 is 2.03 bits per heavy atom. The molecule has 12 rings (SSSR count). The first-order valence-corrected chi connectivity index (χ1v) is 21.7. The maximum Gasteiger partial charge on any atom is 0.268 e. The summed E-state index contributed by atoms with van der Waals surface area (Å²) in [5, 5.41) is 1.95. The first-order valence-electron chi connectivity index (χ1n) is 27.2. The molecular weight excluding hydrogens is 988 g/mol. The Morgan fingerprint density at radius 1 is 0.606 bits per heavy atom. The Hall–Kier alpha value is -7.33. The van der Waals surface area contributed by atoms with Crippen molar-refractivity contribution in [3.63, 3.8) is 0 Å². The van der Waals surface area contributed by atoms with Gasteiger partial charge in [0, 0.05) is 51.2 Å². The Morgan fingerprint density at radius 2 is 1.27 bits per heavy atom. The van der Waals surface area contributed by atoms with Gasteiger partial charge >= 0.3 is 0 Å². The molecule has 0 atom stereocenters. The van der Waals surface area contributed by atoms with Crippen LogP contribution in [-0.2, 0) is 21.1 Å². The maximum absolute atomic E-state index is 9.85. The fraction of sp³-hybridized carbons (Fsp3) is 0.100. The van der Waals surface area contributed by atoms with Crippen LogP contribution in [0, 0.1) is 18.5 Å². The number of fused-ring (bicyclic) bond motifs is 4. The molecule has 0 unspecified atom stereocenters. The van der Waals surface area contributed by atoms with Crippen LogP contribution in [0.5, 0.6) is 11.5 Å². The molecule has 1 fully saturated rings. The summed E-state index contributed by atoms with van der Waals surface area (Å²) in [6.45, 7) is 0. The van der Waals surface area contributed by atoms with Crippen LogP contribution >= 0.6 is 0 Å². The second-order valence-electron chi connectivity index (χ2n) is 16.0. The van der Waals surface area contributed by atoms with Crippen LogP contribution in [-0.4, -0.2) is 14.1 Å². The zero-order chi connectivity index (χ0) is 52.7. The van der Waals surface area contributed by atoms with Crippen molar-refractivity contribution in [1.82, 2.24) is 14.1 Å². The third kappa shape index (κ3) is 7.53. The van der Waals surface area contributed by atoms with Crippen molar-refractivity contribution in [2.45, 2.75) is 38.0 Å². The largest absolute Gasteiger partial charge is 0.510 e. The van der Waals surface area contributed by atoms with E-state index >= 15 is 0 Å². The van der Waals surface area contributed by atoms with E-state index in [1.807, 2.05) is 79.0 Å². The number of hydrogen-bond acceptors (Lipinski definition) is 2. The molecule has 0 N–H and O–H groups in total. The van der Waals surface area contributed by atoms with Crippen molar-refractivity contribution in [3.05, 3.63) is 224 Å². The van der Waals surface area contributed by atoms with Crippen molar-refractivity contribution in [1.29, 1.82) is 0 Å². The summed E-state index contributed by atoms with van der Waals surface area (Å²) in [7, 11) is 0. The van der Waals surface area contributed by atoms with Crippen LogP contribution in [0.2, 0.25) is 0 Å². The zero-order valence-electron chi connectivity index (χ0n) is 46.3. The molecule has 11 aromatic rings. The summed E-state index contributed by atoms with van der Waals surface area (Å²) in [6, 6.07) is 43.3. The molecular formula is C60H44N4OPt-2. The summed E-state index contributed by atoms with van der Waals surface area (Å²) < 4.78 is 109. The molecule has 0 saturated heterocycles. The van der Waals surface area contributed by atoms with Gasteiger partial charge in [-0.3, -0.25) is 4.57 Å². The van der Waals surface area contributed by atoms with Crippen molar-refractivity contribution in [3.8, 4) is 62.1 Å². The third-order valence-corrected chi connectivity index (χ3v) is 12.2. The van der Waals surface area contributed by atoms with Crippen molar-refractivity contribution in [2.24, 2.45) is 0 Å². The molecule has 6 heteroatoms. The fourth-order valence-corrected chi connectivity index (χ4v) is 9.23. The van der Waals surface area contributed by atoms with Gasteiger partial charge in [0.15, 0.2) is 0 Å². The normalized spacial score (nSPS) is 15.8. The number of nitrogens with zero attached hydrogens (tertiary/aromatic N) is 4. The SMILES string of the molecule is [2H]c1c([2H])c([2H])c(-c2cccc(-c3c([2H])c([2H])c([2H])c([2H])c3[2H])c2-[n+]2[c-]n(-c3[c-]c(Oc4[c-]c5c(cc4)c4ccccc4n5-c4cc(C5([2H])CCCCC5)c(-c5ccccc5)cn4)ccc3)c3ccccc32)c([2H])c1[2H].[Pt]. The van der Waals surface area contributed by atoms with Crippen molar-refractivity contribution in [2.75, 3.05) is 0 Å². The van der Waals surface area contributed by atoms with Gasteiger partial charge in [-0.25, -0.2) is 4.98 Å². The summed E-state index contributed by atoms with van der Waals surface area (Å²) >= 11 is 0. The molecule has 66 heavy (non-hydrogen) atoms. The molecule has 3 heterocycles. The van der Waals surface area contributed by atoms with Crippen molar-refractivity contribution < 1.29 is 45.4 Å². The molecule has 0 radical (unpaired) electrons. The first-order chi connectivity index (χ1) is 36.7. The van der Waals surface area contributed by atoms with Crippen LogP contribution in [0.1, 0.15) is 58.6 Å². The van der Waals surface area contributed by atoms with Crippen LogP contribution in [0.4, 0.5) is 0 Å². The smallest absolute Gasteiger partial charge is 0.268 e. The first kappa shape index (κ1) is 30.7. The van der Waals surface area contributed by atoms with Gasteiger partial charge in [0.25, 0.3) is 6.33 Å².